The Balaban J connectivity index is 0.000000216. The van der Waals surface area contributed by atoms with E-state index in [1.807, 2.05) is 31.2 Å². The third-order valence-corrected chi connectivity index (χ3v) is 6.91. The highest BCUT2D eigenvalue weighted by atomic mass is 79.9. The number of pyridine rings is 2. The minimum absolute atomic E-state index is 0.224. The first kappa shape index (κ1) is 29.6. The van der Waals surface area contributed by atoms with Crippen LogP contribution in [0.4, 0.5) is 0 Å². The highest BCUT2D eigenvalue weighted by Gasteiger charge is 2.21. The van der Waals surface area contributed by atoms with Crippen molar-refractivity contribution in [3.05, 3.63) is 107 Å². The second kappa shape index (κ2) is 12.7. The van der Waals surface area contributed by atoms with E-state index in [4.69, 9.17) is 10.2 Å². The summed E-state index contributed by atoms with van der Waals surface area (Å²) in [6, 6.07) is 16.1. The van der Waals surface area contributed by atoms with Crippen LogP contribution < -0.4 is 11.1 Å². The van der Waals surface area contributed by atoms with E-state index in [1.165, 1.54) is 6.07 Å². The van der Waals surface area contributed by atoms with Gasteiger partial charge in [-0.3, -0.25) is 9.59 Å². The van der Waals surface area contributed by atoms with Crippen molar-refractivity contribution < 1.29 is 24.9 Å². The second-order valence-corrected chi connectivity index (χ2v) is 10.1. The van der Waals surface area contributed by atoms with Crippen molar-refractivity contribution >= 4 is 43.8 Å². The number of carboxylic acids is 2. The third-order valence-electron chi connectivity index (χ3n) is 5.86. The monoisotopic (exact) mass is 658 g/mol. The number of hydrogen-bond donors (Lipinski definition) is 5. The van der Waals surface area contributed by atoms with E-state index in [1.54, 1.807) is 31.2 Å². The Morgan fingerprint density at radius 3 is 1.67 bits per heavy atom. The molecule has 0 fully saturated rings. The number of aromatic carboxylic acids is 2. The van der Waals surface area contributed by atoms with Gasteiger partial charge in [0.05, 0.1) is 11.4 Å². The summed E-state index contributed by atoms with van der Waals surface area (Å²) in [7, 11) is 0. The lowest BCUT2D eigenvalue weighted by molar-refractivity contribution is 0.0682. The van der Waals surface area contributed by atoms with Crippen LogP contribution in [-0.2, 0) is 12.8 Å². The lowest BCUT2D eigenvalue weighted by Gasteiger charge is -2.12. The Kier molecular flexibility index (Phi) is 9.66. The molecule has 0 saturated heterocycles. The zero-order valence-corrected chi connectivity index (χ0v) is 24.0. The third kappa shape index (κ3) is 6.73. The standard InChI is InChI=1S/C14H12BrNO4.C14H12BrNO3/c1-2-9-11(7-3-5-8(15)6-4-7)16-13(18)10(12(9)17)14(19)20;1-2-8-7-11(14(18)19)13(17)16-12(8)9-3-5-10(15)6-4-9/h3-6H,2H2,1H3,(H,19,20)(H2,16,17,18);3-7H,2H2,1H3,(H,16,17)(H,18,19). The highest BCUT2D eigenvalue weighted by Crippen LogP contribution is 2.30. The summed E-state index contributed by atoms with van der Waals surface area (Å²) in [6.45, 7) is 3.70. The van der Waals surface area contributed by atoms with Crippen LogP contribution in [0.2, 0.25) is 0 Å². The number of carboxylic acid groups (broad SMARTS) is 2. The first-order valence-electron chi connectivity index (χ1n) is 11.7. The summed E-state index contributed by atoms with van der Waals surface area (Å²) >= 11 is 6.66. The van der Waals surface area contributed by atoms with Gasteiger partial charge in [0, 0.05) is 14.5 Å². The molecular formula is C28H24Br2N2O7. The van der Waals surface area contributed by atoms with Crippen molar-refractivity contribution in [1.29, 1.82) is 0 Å². The zero-order chi connectivity index (χ0) is 28.9. The molecule has 2 aromatic carbocycles. The molecule has 0 aliphatic carbocycles. The Morgan fingerprint density at radius 2 is 1.23 bits per heavy atom. The molecule has 4 aromatic rings. The molecule has 0 unspecified atom stereocenters. The van der Waals surface area contributed by atoms with Crippen LogP contribution in [0.15, 0.2) is 73.1 Å². The molecule has 11 heteroatoms. The SMILES string of the molecule is CCc1c(-c2ccc(Br)cc2)[nH]c(=O)c(C(=O)O)c1O.CCc1cc(C(=O)O)c(=O)[nH]c1-c1ccc(Br)cc1. The number of carbonyl (C=O) groups is 2. The maximum atomic E-state index is 11.8. The van der Waals surface area contributed by atoms with Gasteiger partial charge in [0.1, 0.15) is 11.3 Å². The van der Waals surface area contributed by atoms with E-state index in [9.17, 15) is 24.3 Å². The highest BCUT2D eigenvalue weighted by molar-refractivity contribution is 9.10. The van der Waals surface area contributed by atoms with Crippen molar-refractivity contribution in [2.75, 3.05) is 0 Å². The molecule has 202 valence electrons. The number of benzene rings is 2. The molecule has 0 bridgehead atoms. The molecule has 0 aliphatic rings. The number of aryl methyl sites for hydroxylation is 1. The van der Waals surface area contributed by atoms with Crippen LogP contribution >= 0.6 is 31.9 Å². The fourth-order valence-electron chi connectivity index (χ4n) is 3.92. The Labute approximate surface area is 239 Å². The Morgan fingerprint density at radius 1 is 0.744 bits per heavy atom. The van der Waals surface area contributed by atoms with Gasteiger partial charge in [-0.05, 0) is 59.9 Å². The molecule has 0 spiro atoms. The normalized spacial score (nSPS) is 10.5. The minimum Gasteiger partial charge on any atom is -0.506 e. The van der Waals surface area contributed by atoms with Gasteiger partial charge in [-0.25, -0.2) is 9.59 Å². The molecule has 0 saturated carbocycles. The topological polar surface area (TPSA) is 161 Å². The summed E-state index contributed by atoms with van der Waals surface area (Å²) in [5, 5.41) is 28.0. The van der Waals surface area contributed by atoms with Crippen LogP contribution in [0.3, 0.4) is 0 Å². The van der Waals surface area contributed by atoms with Crippen LogP contribution in [0.5, 0.6) is 5.75 Å². The van der Waals surface area contributed by atoms with Gasteiger partial charge >= 0.3 is 11.9 Å². The van der Waals surface area contributed by atoms with Gasteiger partial charge < -0.3 is 25.3 Å². The van der Waals surface area contributed by atoms with Crippen molar-refractivity contribution in [2.24, 2.45) is 0 Å². The molecule has 0 radical (unpaired) electrons. The van der Waals surface area contributed by atoms with E-state index in [0.29, 0.717) is 35.4 Å². The lowest BCUT2D eigenvalue weighted by Crippen LogP contribution is -2.20. The molecular weight excluding hydrogens is 636 g/mol. The van der Waals surface area contributed by atoms with E-state index < -0.39 is 34.4 Å². The summed E-state index contributed by atoms with van der Waals surface area (Å²) in [6.07, 6.45) is 1.04. The molecule has 39 heavy (non-hydrogen) atoms. The molecule has 4 rings (SSSR count). The number of aromatic hydroxyl groups is 1. The second-order valence-electron chi connectivity index (χ2n) is 8.27. The maximum Gasteiger partial charge on any atom is 0.345 e. The molecule has 9 nitrogen and oxygen atoms in total. The average Bonchev–Trinajstić information content (AvgIpc) is 2.89. The predicted molar refractivity (Wildman–Crippen MR) is 155 cm³/mol. The summed E-state index contributed by atoms with van der Waals surface area (Å²) < 4.78 is 1.83. The summed E-state index contributed by atoms with van der Waals surface area (Å²) in [5.41, 5.74) is 1.64. The molecule has 2 heterocycles. The van der Waals surface area contributed by atoms with Gasteiger partial charge in [0.15, 0.2) is 5.56 Å². The van der Waals surface area contributed by atoms with Crippen molar-refractivity contribution in [3.8, 4) is 28.3 Å². The van der Waals surface area contributed by atoms with Gasteiger partial charge in [-0.15, -0.1) is 0 Å². The first-order valence-corrected chi connectivity index (χ1v) is 13.3. The van der Waals surface area contributed by atoms with E-state index in [0.717, 1.165) is 20.1 Å². The molecule has 5 N–H and O–H groups in total. The van der Waals surface area contributed by atoms with Gasteiger partial charge in [-0.1, -0.05) is 70.0 Å². The van der Waals surface area contributed by atoms with Gasteiger partial charge in [0.2, 0.25) is 0 Å². The number of hydrogen-bond acceptors (Lipinski definition) is 5. The first-order chi connectivity index (χ1) is 18.5. The van der Waals surface area contributed by atoms with E-state index >= 15 is 0 Å². The van der Waals surface area contributed by atoms with Crippen LogP contribution in [0.1, 0.15) is 45.7 Å². The average molecular weight is 660 g/mol. The Hall–Kier alpha value is -3.96. The summed E-state index contributed by atoms with van der Waals surface area (Å²) in [4.78, 5) is 50.7. The Bertz CT molecular complexity index is 1640. The predicted octanol–water partition coefficient (Wildman–Crippen LogP) is 5.84. The van der Waals surface area contributed by atoms with Crippen molar-refractivity contribution in [1.82, 2.24) is 9.97 Å². The summed E-state index contributed by atoms with van der Waals surface area (Å²) in [5.74, 6) is -3.12. The number of aromatic amines is 2. The van der Waals surface area contributed by atoms with Crippen molar-refractivity contribution in [2.45, 2.75) is 26.7 Å². The number of H-pyrrole nitrogens is 2. The quantitative estimate of drug-likeness (QED) is 0.174. The minimum atomic E-state index is -1.44. The number of halogens is 2. The van der Waals surface area contributed by atoms with Crippen LogP contribution in [0.25, 0.3) is 22.5 Å². The lowest BCUT2D eigenvalue weighted by atomic mass is 10.0. The van der Waals surface area contributed by atoms with Crippen LogP contribution in [-0.4, -0.2) is 37.2 Å². The van der Waals surface area contributed by atoms with E-state index in [-0.39, 0.29) is 5.56 Å². The molecule has 0 aliphatic heterocycles. The maximum absolute atomic E-state index is 11.8. The zero-order valence-electron chi connectivity index (χ0n) is 20.8. The fourth-order valence-corrected chi connectivity index (χ4v) is 4.45. The molecule has 2 aromatic heterocycles. The van der Waals surface area contributed by atoms with E-state index in [2.05, 4.69) is 41.8 Å². The van der Waals surface area contributed by atoms with Gasteiger partial charge in [-0.2, -0.15) is 0 Å². The largest absolute Gasteiger partial charge is 0.506 e. The molecule has 0 amide bonds. The molecule has 0 atom stereocenters. The van der Waals surface area contributed by atoms with Gasteiger partial charge in [0.25, 0.3) is 11.1 Å². The smallest absolute Gasteiger partial charge is 0.345 e. The number of aromatic nitrogens is 2. The number of rotatable bonds is 6. The fraction of sp³-hybridized carbons (Fsp3) is 0.143. The van der Waals surface area contributed by atoms with Crippen LogP contribution in [0, 0.1) is 0 Å². The number of nitrogens with one attached hydrogen (secondary N) is 2. The van der Waals surface area contributed by atoms with Crippen molar-refractivity contribution in [3.63, 3.8) is 0 Å².